The van der Waals surface area contributed by atoms with Crippen molar-refractivity contribution in [2.75, 3.05) is 13.1 Å². The van der Waals surface area contributed by atoms with Crippen LogP contribution in [0.3, 0.4) is 0 Å². The van der Waals surface area contributed by atoms with Gasteiger partial charge in [-0.15, -0.1) is 0 Å². The van der Waals surface area contributed by atoms with E-state index in [4.69, 9.17) is 0 Å². The Labute approximate surface area is 93.3 Å². The quantitative estimate of drug-likeness (QED) is 0.821. The van der Waals surface area contributed by atoms with Crippen LogP contribution in [0.25, 0.3) is 0 Å². The first-order chi connectivity index (χ1) is 6.84. The molecule has 1 fully saturated rings. The van der Waals surface area contributed by atoms with Crippen molar-refractivity contribution in [2.45, 2.75) is 19.3 Å². The Morgan fingerprint density at radius 3 is 2.79 bits per heavy atom. The third-order valence-electron chi connectivity index (χ3n) is 2.77. The Balaban J connectivity index is 1.92. The van der Waals surface area contributed by atoms with Crippen molar-refractivity contribution in [1.29, 1.82) is 0 Å². The second kappa shape index (κ2) is 4.89. The van der Waals surface area contributed by atoms with E-state index in [0.717, 1.165) is 10.5 Å². The Kier molecular flexibility index (Phi) is 3.54. The van der Waals surface area contributed by atoms with Crippen molar-refractivity contribution < 1.29 is 0 Å². The van der Waals surface area contributed by atoms with Crippen molar-refractivity contribution in [3.05, 3.63) is 28.5 Å². The maximum Gasteiger partial charge on any atom is 0.106 e. The first-order valence-electron chi connectivity index (χ1n) is 5.16. The van der Waals surface area contributed by atoms with Gasteiger partial charge in [-0.2, -0.15) is 0 Å². The van der Waals surface area contributed by atoms with Crippen LogP contribution in [0.15, 0.2) is 22.9 Å². The second-order valence-electron chi connectivity index (χ2n) is 3.89. The van der Waals surface area contributed by atoms with Gasteiger partial charge < -0.3 is 5.32 Å². The molecule has 0 amide bonds. The fraction of sp³-hybridized carbons (Fsp3) is 0.545. The Morgan fingerprint density at radius 2 is 2.14 bits per heavy atom. The van der Waals surface area contributed by atoms with Crippen LogP contribution >= 0.6 is 15.9 Å². The van der Waals surface area contributed by atoms with Gasteiger partial charge in [-0.05, 0) is 65.8 Å². The minimum absolute atomic E-state index is 0.847. The summed E-state index contributed by atoms with van der Waals surface area (Å²) in [6.45, 7) is 2.35. The number of hydrogen-bond acceptors (Lipinski definition) is 2. The number of halogens is 1. The number of rotatable bonds is 2. The van der Waals surface area contributed by atoms with Crippen LogP contribution in [-0.2, 0) is 6.42 Å². The minimum atomic E-state index is 0.847. The predicted octanol–water partition coefficient (Wildman–Crippen LogP) is 2.39. The molecule has 1 saturated heterocycles. The molecular weight excluding hydrogens is 240 g/mol. The van der Waals surface area contributed by atoms with Crippen LogP contribution in [0.4, 0.5) is 0 Å². The SMILES string of the molecule is Brc1ccc(CC2CCNCC2)cn1. The van der Waals surface area contributed by atoms with Crippen LogP contribution in [0.5, 0.6) is 0 Å². The second-order valence-corrected chi connectivity index (χ2v) is 4.70. The lowest BCUT2D eigenvalue weighted by molar-refractivity contribution is 0.372. The monoisotopic (exact) mass is 254 g/mol. The highest BCUT2D eigenvalue weighted by atomic mass is 79.9. The van der Waals surface area contributed by atoms with Gasteiger partial charge in [-0.25, -0.2) is 4.98 Å². The van der Waals surface area contributed by atoms with Crippen LogP contribution in [-0.4, -0.2) is 18.1 Å². The van der Waals surface area contributed by atoms with Crippen LogP contribution in [0.1, 0.15) is 18.4 Å². The van der Waals surface area contributed by atoms with E-state index < -0.39 is 0 Å². The van der Waals surface area contributed by atoms with E-state index in [1.165, 1.54) is 37.9 Å². The summed E-state index contributed by atoms with van der Waals surface area (Å²) >= 11 is 3.35. The van der Waals surface area contributed by atoms with Gasteiger partial charge in [-0.3, -0.25) is 0 Å². The van der Waals surface area contributed by atoms with Crippen molar-refractivity contribution in [3.63, 3.8) is 0 Å². The highest BCUT2D eigenvalue weighted by Gasteiger charge is 2.13. The standard InChI is InChI=1S/C11H15BrN2/c12-11-2-1-10(8-14-11)7-9-3-5-13-6-4-9/h1-2,8-9,13H,3-7H2. The van der Waals surface area contributed by atoms with E-state index in [9.17, 15) is 0 Å². The number of hydrogen-bond donors (Lipinski definition) is 1. The summed E-state index contributed by atoms with van der Waals surface area (Å²) in [7, 11) is 0. The van der Waals surface area contributed by atoms with E-state index in [0.29, 0.717) is 0 Å². The third kappa shape index (κ3) is 2.79. The third-order valence-corrected chi connectivity index (χ3v) is 3.24. The molecule has 1 aliphatic heterocycles. The maximum absolute atomic E-state index is 4.25. The Bertz CT molecular complexity index is 278. The molecule has 76 valence electrons. The largest absolute Gasteiger partial charge is 0.317 e. The molecule has 0 aliphatic carbocycles. The molecule has 14 heavy (non-hydrogen) atoms. The molecule has 0 atom stereocenters. The van der Waals surface area contributed by atoms with Crippen LogP contribution < -0.4 is 5.32 Å². The Hall–Kier alpha value is -0.410. The molecule has 0 spiro atoms. The molecule has 2 heterocycles. The zero-order valence-corrected chi connectivity index (χ0v) is 9.76. The normalized spacial score (nSPS) is 18.4. The lowest BCUT2D eigenvalue weighted by atomic mass is 9.92. The predicted molar refractivity (Wildman–Crippen MR) is 61.2 cm³/mol. The van der Waals surface area contributed by atoms with Crippen molar-refractivity contribution in [1.82, 2.24) is 10.3 Å². The maximum atomic E-state index is 4.25. The average molecular weight is 255 g/mol. The first-order valence-corrected chi connectivity index (χ1v) is 5.95. The zero-order chi connectivity index (χ0) is 9.80. The van der Waals surface area contributed by atoms with Crippen molar-refractivity contribution >= 4 is 15.9 Å². The topological polar surface area (TPSA) is 24.9 Å². The number of nitrogens with zero attached hydrogens (tertiary/aromatic N) is 1. The van der Waals surface area contributed by atoms with Gasteiger partial charge in [-0.1, -0.05) is 6.07 Å². The fourth-order valence-electron chi connectivity index (χ4n) is 1.95. The summed E-state index contributed by atoms with van der Waals surface area (Å²) in [4.78, 5) is 4.25. The highest BCUT2D eigenvalue weighted by Crippen LogP contribution is 2.18. The first kappa shape index (κ1) is 10.1. The number of aromatic nitrogens is 1. The molecule has 0 bridgehead atoms. The number of nitrogens with one attached hydrogen (secondary N) is 1. The summed E-state index contributed by atoms with van der Waals surface area (Å²) in [6.07, 6.45) is 5.76. The summed E-state index contributed by atoms with van der Waals surface area (Å²) in [5.41, 5.74) is 1.36. The van der Waals surface area contributed by atoms with Gasteiger partial charge in [0.25, 0.3) is 0 Å². The summed E-state index contributed by atoms with van der Waals surface area (Å²) in [5.74, 6) is 0.847. The van der Waals surface area contributed by atoms with Gasteiger partial charge >= 0.3 is 0 Å². The lowest BCUT2D eigenvalue weighted by Crippen LogP contribution is -2.28. The summed E-state index contributed by atoms with van der Waals surface area (Å²) in [6, 6.07) is 4.19. The molecule has 0 saturated carbocycles. The molecule has 1 aliphatic rings. The van der Waals surface area contributed by atoms with E-state index in [-0.39, 0.29) is 0 Å². The zero-order valence-electron chi connectivity index (χ0n) is 8.17. The molecule has 1 aromatic rings. The van der Waals surface area contributed by atoms with Gasteiger partial charge in [0.05, 0.1) is 0 Å². The molecule has 2 nitrogen and oxygen atoms in total. The summed E-state index contributed by atoms with van der Waals surface area (Å²) in [5, 5.41) is 3.39. The van der Waals surface area contributed by atoms with E-state index in [1.54, 1.807) is 0 Å². The van der Waals surface area contributed by atoms with Crippen LogP contribution in [0, 0.1) is 5.92 Å². The van der Waals surface area contributed by atoms with E-state index >= 15 is 0 Å². The molecule has 0 aromatic carbocycles. The molecule has 3 heteroatoms. The van der Waals surface area contributed by atoms with Crippen LogP contribution in [0.2, 0.25) is 0 Å². The smallest absolute Gasteiger partial charge is 0.106 e. The number of piperidine rings is 1. The molecule has 2 rings (SSSR count). The van der Waals surface area contributed by atoms with Crippen molar-refractivity contribution in [2.24, 2.45) is 5.92 Å². The molecule has 0 radical (unpaired) electrons. The minimum Gasteiger partial charge on any atom is -0.317 e. The van der Waals surface area contributed by atoms with Gasteiger partial charge in [0.2, 0.25) is 0 Å². The fourth-order valence-corrected chi connectivity index (χ4v) is 2.18. The molecule has 0 unspecified atom stereocenters. The number of pyridine rings is 1. The van der Waals surface area contributed by atoms with Gasteiger partial charge in [0.1, 0.15) is 4.60 Å². The summed E-state index contributed by atoms with van der Waals surface area (Å²) < 4.78 is 0.923. The Morgan fingerprint density at radius 1 is 1.36 bits per heavy atom. The average Bonchev–Trinajstić information content (AvgIpc) is 2.23. The van der Waals surface area contributed by atoms with Gasteiger partial charge in [0, 0.05) is 6.20 Å². The lowest BCUT2D eigenvalue weighted by Gasteiger charge is -2.22. The van der Waals surface area contributed by atoms with Gasteiger partial charge in [0.15, 0.2) is 0 Å². The molecule has 1 N–H and O–H groups in total. The van der Waals surface area contributed by atoms with Crippen molar-refractivity contribution in [3.8, 4) is 0 Å². The molecular formula is C11H15BrN2. The van der Waals surface area contributed by atoms with E-state index in [2.05, 4.69) is 32.3 Å². The van der Waals surface area contributed by atoms with E-state index in [1.807, 2.05) is 12.3 Å². The highest BCUT2D eigenvalue weighted by molar-refractivity contribution is 9.10. The molecule has 1 aromatic heterocycles.